The number of amides is 2. The van der Waals surface area contributed by atoms with Gasteiger partial charge in [-0.1, -0.05) is 67.7 Å². The summed E-state index contributed by atoms with van der Waals surface area (Å²) in [6.45, 7) is 7.19. The Morgan fingerprint density at radius 2 is 1.87 bits per heavy atom. The molecule has 3 atom stereocenters. The Morgan fingerprint density at radius 1 is 1.15 bits per heavy atom. The molecule has 2 N–H and O–H groups in total. The first-order valence-corrected chi connectivity index (χ1v) is 13.9. The quantitative estimate of drug-likeness (QED) is 0.414. The summed E-state index contributed by atoms with van der Waals surface area (Å²) < 4.78 is 0. The number of aromatic nitrogens is 4. The number of H-pyrrole nitrogens is 1. The van der Waals surface area contributed by atoms with Gasteiger partial charge in [0.05, 0.1) is 6.54 Å². The maximum atomic E-state index is 14.1. The molecule has 2 aliphatic rings. The zero-order chi connectivity index (χ0) is 27.7. The third kappa shape index (κ3) is 5.56. The van der Waals surface area contributed by atoms with E-state index in [1.165, 1.54) is 0 Å². The molecule has 2 amide bonds. The minimum Gasteiger partial charge on any atom is -0.345 e. The lowest BCUT2D eigenvalue weighted by Gasteiger charge is -2.49. The molecule has 1 fully saturated rings. The molecule has 0 radical (unpaired) electrons. The number of benzene rings is 2. The van der Waals surface area contributed by atoms with Crippen LogP contribution in [0.4, 0.5) is 0 Å². The molecule has 0 unspecified atom stereocenters. The number of carbonyl (C=O) groups excluding carboxylic acids is 2. The first-order valence-electron chi connectivity index (χ1n) is 13.1. The van der Waals surface area contributed by atoms with Gasteiger partial charge in [-0.05, 0) is 60.6 Å². The summed E-state index contributed by atoms with van der Waals surface area (Å²) in [7, 11) is 0. The molecule has 11 heteroatoms. The van der Waals surface area contributed by atoms with Gasteiger partial charge < -0.3 is 10.2 Å². The van der Waals surface area contributed by atoms with Gasteiger partial charge in [-0.25, -0.2) is 0 Å². The lowest BCUT2D eigenvalue weighted by molar-refractivity contribution is -0.134. The zero-order valence-corrected chi connectivity index (χ0v) is 23.6. The summed E-state index contributed by atoms with van der Waals surface area (Å²) in [6, 6.07) is 12.4. The molecule has 39 heavy (non-hydrogen) atoms. The highest BCUT2D eigenvalue weighted by Crippen LogP contribution is 2.49. The Labute approximate surface area is 237 Å². The standard InChI is InChI=1S/C28H31Cl2N7O2/c1-16(2)23-9-4-17(3)13-28(23)32-25(20-10-21(29)12-22(30)11-20)27(39)37(28)15-18-5-7-19(8-6-18)26(38)31-14-24-33-35-36-34-24/h5-8,10-12,16-17,23H,4,9,13-15H2,1-3H3,(H,31,38)(H,33,34,35,36)/t17-,23+,28-/m1/s1. The highest BCUT2D eigenvalue weighted by atomic mass is 35.5. The van der Waals surface area contributed by atoms with Crippen LogP contribution in [0.25, 0.3) is 0 Å². The normalized spacial score (nSPS) is 23.0. The van der Waals surface area contributed by atoms with Crippen molar-refractivity contribution in [2.75, 3.05) is 0 Å². The average Bonchev–Trinajstić information content (AvgIpc) is 3.50. The fourth-order valence-corrected chi connectivity index (χ4v) is 6.45. The molecule has 2 aromatic carbocycles. The molecule has 1 aliphatic carbocycles. The van der Waals surface area contributed by atoms with E-state index in [4.69, 9.17) is 28.2 Å². The van der Waals surface area contributed by atoms with Crippen molar-refractivity contribution in [2.24, 2.45) is 22.7 Å². The van der Waals surface area contributed by atoms with Crippen molar-refractivity contribution < 1.29 is 9.59 Å². The van der Waals surface area contributed by atoms with Gasteiger partial charge in [-0.15, -0.1) is 10.2 Å². The summed E-state index contributed by atoms with van der Waals surface area (Å²) >= 11 is 12.6. The Morgan fingerprint density at radius 3 is 2.51 bits per heavy atom. The Balaban J connectivity index is 1.44. The highest BCUT2D eigenvalue weighted by Gasteiger charge is 2.54. The van der Waals surface area contributed by atoms with Gasteiger partial charge in [0.1, 0.15) is 11.4 Å². The van der Waals surface area contributed by atoms with E-state index in [1.54, 1.807) is 30.3 Å². The minimum absolute atomic E-state index is 0.130. The molecule has 2 heterocycles. The Bertz CT molecular complexity index is 1370. The molecular weight excluding hydrogens is 537 g/mol. The van der Waals surface area contributed by atoms with Crippen LogP contribution in [-0.2, 0) is 17.9 Å². The van der Waals surface area contributed by atoms with E-state index >= 15 is 0 Å². The number of nitrogens with one attached hydrogen (secondary N) is 2. The number of nitrogens with zero attached hydrogens (tertiary/aromatic N) is 5. The van der Waals surface area contributed by atoms with Crippen LogP contribution >= 0.6 is 23.2 Å². The van der Waals surface area contributed by atoms with E-state index in [2.05, 4.69) is 46.7 Å². The topological polar surface area (TPSA) is 116 Å². The number of aliphatic imine (C=N–C) groups is 1. The molecule has 1 saturated carbocycles. The van der Waals surface area contributed by atoms with Gasteiger partial charge in [0.15, 0.2) is 5.82 Å². The maximum Gasteiger partial charge on any atom is 0.274 e. The molecule has 3 aromatic rings. The van der Waals surface area contributed by atoms with Crippen molar-refractivity contribution in [2.45, 2.75) is 58.8 Å². The van der Waals surface area contributed by atoms with E-state index in [9.17, 15) is 9.59 Å². The van der Waals surface area contributed by atoms with Crippen molar-refractivity contribution in [1.82, 2.24) is 30.8 Å². The van der Waals surface area contributed by atoms with Crippen molar-refractivity contribution in [3.05, 3.63) is 75.0 Å². The number of aromatic amines is 1. The third-order valence-electron chi connectivity index (χ3n) is 7.73. The van der Waals surface area contributed by atoms with E-state index in [1.807, 2.05) is 17.0 Å². The van der Waals surface area contributed by atoms with Crippen LogP contribution in [0.3, 0.4) is 0 Å². The van der Waals surface area contributed by atoms with Gasteiger partial charge in [0.25, 0.3) is 11.8 Å². The molecule has 0 saturated heterocycles. The van der Waals surface area contributed by atoms with E-state index in [0.717, 1.165) is 24.8 Å². The summed E-state index contributed by atoms with van der Waals surface area (Å²) in [6.07, 6.45) is 2.89. The van der Waals surface area contributed by atoms with Gasteiger partial charge >= 0.3 is 0 Å². The molecule has 5 rings (SSSR count). The smallest absolute Gasteiger partial charge is 0.274 e. The summed E-state index contributed by atoms with van der Waals surface area (Å²) in [5.41, 5.74) is 1.79. The minimum atomic E-state index is -0.659. The van der Waals surface area contributed by atoms with E-state index < -0.39 is 5.66 Å². The van der Waals surface area contributed by atoms with Gasteiger partial charge in [0, 0.05) is 33.6 Å². The molecular formula is C28H31Cl2N7O2. The number of halogens is 2. The van der Waals surface area contributed by atoms with Crippen molar-refractivity contribution >= 4 is 40.7 Å². The lowest BCUT2D eigenvalue weighted by atomic mass is 9.69. The second kappa shape index (κ2) is 11.1. The monoisotopic (exact) mass is 567 g/mol. The van der Waals surface area contributed by atoms with Gasteiger partial charge in [-0.2, -0.15) is 5.21 Å². The second-order valence-corrected chi connectivity index (χ2v) is 11.7. The molecule has 1 aliphatic heterocycles. The van der Waals surface area contributed by atoms with Crippen molar-refractivity contribution in [3.63, 3.8) is 0 Å². The predicted octanol–water partition coefficient (Wildman–Crippen LogP) is 5.06. The van der Waals surface area contributed by atoms with Crippen LogP contribution in [0.5, 0.6) is 0 Å². The third-order valence-corrected chi connectivity index (χ3v) is 8.16. The van der Waals surface area contributed by atoms with Gasteiger partial charge in [0.2, 0.25) is 0 Å². The van der Waals surface area contributed by atoms with Crippen LogP contribution in [0.15, 0.2) is 47.5 Å². The Hall–Kier alpha value is -3.30. The van der Waals surface area contributed by atoms with Crippen LogP contribution in [0.1, 0.15) is 67.3 Å². The molecule has 1 aromatic heterocycles. The number of hydrogen-bond acceptors (Lipinski definition) is 6. The second-order valence-electron chi connectivity index (χ2n) is 10.8. The van der Waals surface area contributed by atoms with E-state index in [0.29, 0.717) is 51.1 Å². The zero-order valence-electron chi connectivity index (χ0n) is 22.1. The first kappa shape index (κ1) is 27.3. The summed E-state index contributed by atoms with van der Waals surface area (Å²) in [5, 5.41) is 17.2. The predicted molar refractivity (Wildman–Crippen MR) is 149 cm³/mol. The number of hydrogen-bond donors (Lipinski definition) is 2. The van der Waals surface area contributed by atoms with Crippen LogP contribution in [0, 0.1) is 17.8 Å². The SMILES string of the molecule is CC(C)[C@@H]1CC[C@@H](C)C[C@]12N=C(c1cc(Cl)cc(Cl)c1)C(=O)N2Cc1ccc(C(=O)NCc2nn[nH]n2)cc1. The van der Waals surface area contributed by atoms with E-state index in [-0.39, 0.29) is 24.3 Å². The van der Waals surface area contributed by atoms with Crippen LogP contribution in [-0.4, -0.2) is 48.7 Å². The largest absolute Gasteiger partial charge is 0.345 e. The summed E-state index contributed by atoms with van der Waals surface area (Å²) in [4.78, 5) is 33.8. The highest BCUT2D eigenvalue weighted by molar-refractivity contribution is 6.47. The fourth-order valence-electron chi connectivity index (χ4n) is 5.92. The molecule has 1 spiro atoms. The summed E-state index contributed by atoms with van der Waals surface area (Å²) in [5.74, 6) is 0.992. The first-order chi connectivity index (χ1) is 18.7. The lowest BCUT2D eigenvalue weighted by Crippen LogP contribution is -2.55. The maximum absolute atomic E-state index is 14.1. The average molecular weight is 569 g/mol. The number of tetrazole rings is 1. The van der Waals surface area contributed by atoms with Gasteiger partial charge in [-0.3, -0.25) is 14.6 Å². The fraction of sp³-hybridized carbons (Fsp3) is 0.429. The molecule has 204 valence electrons. The number of rotatable bonds is 7. The number of carbonyl (C=O) groups is 2. The van der Waals surface area contributed by atoms with Crippen LogP contribution < -0.4 is 5.32 Å². The van der Waals surface area contributed by atoms with Crippen molar-refractivity contribution in [1.29, 1.82) is 0 Å². The molecule has 0 bridgehead atoms. The molecule has 9 nitrogen and oxygen atoms in total. The van der Waals surface area contributed by atoms with Crippen molar-refractivity contribution in [3.8, 4) is 0 Å². The van der Waals surface area contributed by atoms with Crippen LogP contribution in [0.2, 0.25) is 10.0 Å². The Kier molecular flexibility index (Phi) is 7.73.